The molecule has 0 heterocycles. The summed E-state index contributed by atoms with van der Waals surface area (Å²) in [5.74, 6) is -0.0713. The van der Waals surface area contributed by atoms with E-state index in [0.717, 1.165) is 51.4 Å². The van der Waals surface area contributed by atoms with Crippen molar-refractivity contribution in [2.45, 2.75) is 334 Å². The molecule has 0 aliphatic heterocycles. The average molecular weight is 983 g/mol. The fourth-order valence-electron chi connectivity index (χ4n) is 9.31. The van der Waals surface area contributed by atoms with Crippen LogP contribution in [0.3, 0.4) is 0 Å². The third kappa shape index (κ3) is 55.1. The van der Waals surface area contributed by atoms with Crippen LogP contribution in [0.15, 0.2) is 48.6 Å². The van der Waals surface area contributed by atoms with Crippen molar-refractivity contribution in [2.75, 3.05) is 13.2 Å². The molecule has 410 valence electrons. The van der Waals surface area contributed by atoms with E-state index in [0.29, 0.717) is 19.4 Å². The summed E-state index contributed by atoms with van der Waals surface area (Å²) in [7, 11) is 0. The van der Waals surface area contributed by atoms with Crippen molar-refractivity contribution >= 4 is 11.9 Å². The van der Waals surface area contributed by atoms with Gasteiger partial charge < -0.3 is 20.3 Å². The van der Waals surface area contributed by atoms with Crippen molar-refractivity contribution in [3.05, 3.63) is 48.6 Å². The van der Waals surface area contributed by atoms with Crippen LogP contribution >= 0.6 is 0 Å². The Morgan fingerprint density at radius 3 is 1.11 bits per heavy atom. The molecule has 2 unspecified atom stereocenters. The van der Waals surface area contributed by atoms with E-state index >= 15 is 0 Å². The Bertz CT molecular complexity index is 1180. The van der Waals surface area contributed by atoms with E-state index in [1.165, 1.54) is 244 Å². The Balaban J connectivity index is 3.40. The van der Waals surface area contributed by atoms with Crippen LogP contribution in [0.4, 0.5) is 0 Å². The highest BCUT2D eigenvalue weighted by molar-refractivity contribution is 5.76. The number of allylic oxidation sites excluding steroid dienone is 7. The summed E-state index contributed by atoms with van der Waals surface area (Å²) in [6.07, 6.45) is 75.9. The molecular weight excluding hydrogens is 863 g/mol. The third-order valence-electron chi connectivity index (χ3n) is 14.1. The lowest BCUT2D eigenvalue weighted by Gasteiger charge is -2.20. The van der Waals surface area contributed by atoms with Crippen molar-refractivity contribution < 1.29 is 24.5 Å². The Labute approximate surface area is 436 Å². The summed E-state index contributed by atoms with van der Waals surface area (Å²) >= 11 is 0. The lowest BCUT2D eigenvalue weighted by Crippen LogP contribution is -2.45. The van der Waals surface area contributed by atoms with Crippen LogP contribution in [0.25, 0.3) is 0 Å². The average Bonchev–Trinajstić information content (AvgIpc) is 3.36. The van der Waals surface area contributed by atoms with Crippen LogP contribution in [-0.2, 0) is 14.3 Å². The lowest BCUT2D eigenvalue weighted by atomic mass is 10.0. The van der Waals surface area contributed by atoms with E-state index in [-0.39, 0.29) is 18.5 Å². The summed E-state index contributed by atoms with van der Waals surface area (Å²) in [5, 5.41) is 23.0. The van der Waals surface area contributed by atoms with E-state index in [2.05, 4.69) is 55.6 Å². The maximum Gasteiger partial charge on any atom is 0.305 e. The molecule has 0 saturated carbocycles. The molecule has 6 heteroatoms. The number of ether oxygens (including phenoxy) is 1. The van der Waals surface area contributed by atoms with Crippen LogP contribution in [0.2, 0.25) is 0 Å². The van der Waals surface area contributed by atoms with Crippen molar-refractivity contribution in [3.8, 4) is 0 Å². The number of aliphatic hydroxyl groups excluding tert-OH is 2. The molecule has 0 radical (unpaired) electrons. The van der Waals surface area contributed by atoms with Gasteiger partial charge in [-0.2, -0.15) is 0 Å². The van der Waals surface area contributed by atoms with Crippen LogP contribution in [0.5, 0.6) is 0 Å². The second-order valence-corrected chi connectivity index (χ2v) is 21.0. The Morgan fingerprint density at radius 2 is 0.714 bits per heavy atom. The number of esters is 1. The largest absolute Gasteiger partial charge is 0.466 e. The van der Waals surface area contributed by atoms with E-state index in [1.807, 2.05) is 6.08 Å². The van der Waals surface area contributed by atoms with Gasteiger partial charge >= 0.3 is 5.97 Å². The molecule has 6 nitrogen and oxygen atoms in total. The van der Waals surface area contributed by atoms with Crippen molar-refractivity contribution in [2.24, 2.45) is 0 Å². The van der Waals surface area contributed by atoms with Gasteiger partial charge in [-0.3, -0.25) is 9.59 Å². The van der Waals surface area contributed by atoms with Gasteiger partial charge in [0.1, 0.15) is 0 Å². The predicted molar refractivity (Wildman–Crippen MR) is 306 cm³/mol. The van der Waals surface area contributed by atoms with Gasteiger partial charge in [0.2, 0.25) is 5.91 Å². The zero-order valence-electron chi connectivity index (χ0n) is 46.7. The minimum absolute atomic E-state index is 0.0000165. The van der Waals surface area contributed by atoms with Gasteiger partial charge in [0.15, 0.2) is 0 Å². The number of hydrogen-bond donors (Lipinski definition) is 3. The van der Waals surface area contributed by atoms with Gasteiger partial charge in [-0.05, 0) is 89.9 Å². The molecule has 0 aliphatic carbocycles. The molecule has 0 fully saturated rings. The number of rotatable bonds is 57. The number of amides is 1. The number of nitrogens with one attached hydrogen (secondary N) is 1. The minimum Gasteiger partial charge on any atom is -0.466 e. The molecule has 0 spiro atoms. The molecule has 3 N–H and O–H groups in total. The molecule has 0 saturated heterocycles. The summed E-state index contributed by atoms with van der Waals surface area (Å²) in [5.41, 5.74) is 0. The first-order chi connectivity index (χ1) is 34.5. The minimum atomic E-state index is -0.845. The molecule has 0 rings (SSSR count). The molecule has 0 aromatic rings. The predicted octanol–water partition coefficient (Wildman–Crippen LogP) is 19.4. The lowest BCUT2D eigenvalue weighted by molar-refractivity contribution is -0.143. The van der Waals surface area contributed by atoms with Crippen molar-refractivity contribution in [3.63, 3.8) is 0 Å². The quantitative estimate of drug-likeness (QED) is 0.0321. The topological polar surface area (TPSA) is 95.9 Å². The maximum atomic E-state index is 12.4. The molecule has 2 atom stereocenters. The molecule has 0 bridgehead atoms. The fraction of sp³-hybridized carbons (Fsp3) is 0.844. The highest BCUT2D eigenvalue weighted by Gasteiger charge is 2.18. The standard InChI is InChI=1S/C64H119NO5/c1-3-5-7-9-11-13-15-16-17-31-34-38-42-46-50-54-58-64(69)70-59-55-51-47-43-39-35-32-29-27-25-23-21-19-18-20-22-24-26-28-30-33-37-41-45-49-53-57-63(68)65-61(60-66)62(67)56-52-48-44-40-36-14-12-10-8-6-4-2/h13,15,17-18,20,31,52,56,61-62,66-67H,3-12,14,16,19,21-30,32-51,53-55,57-60H2,1-2H3,(H,65,68)/b15-13-,20-18-,31-17-,56-52+. The molecule has 1 amide bonds. The Kier molecular flexibility index (Phi) is 57.5. The smallest absolute Gasteiger partial charge is 0.305 e. The first-order valence-electron chi connectivity index (χ1n) is 30.9. The first-order valence-corrected chi connectivity index (χ1v) is 30.9. The molecule has 70 heavy (non-hydrogen) atoms. The number of carbonyl (C=O) groups excluding carboxylic acids is 2. The summed E-state index contributed by atoms with van der Waals surface area (Å²) in [6, 6.07) is -0.628. The van der Waals surface area contributed by atoms with Gasteiger partial charge in [0.05, 0.1) is 25.4 Å². The highest BCUT2D eigenvalue weighted by Crippen LogP contribution is 2.16. The zero-order chi connectivity index (χ0) is 50.7. The first kappa shape index (κ1) is 67.8. The molecular formula is C64H119NO5. The van der Waals surface area contributed by atoms with Gasteiger partial charge in [-0.1, -0.05) is 268 Å². The fourth-order valence-corrected chi connectivity index (χ4v) is 9.31. The SMILES string of the molecule is CCCCCC/C=C\C/C=C\CCCCCCCC(=O)OCCCCCCCCCCCCCC/C=C\CCCCCCCCCCCCC(=O)NC(CO)C(O)/C=C/CCCCCCCCCCC. The van der Waals surface area contributed by atoms with Crippen LogP contribution in [-0.4, -0.2) is 47.4 Å². The Morgan fingerprint density at radius 1 is 0.400 bits per heavy atom. The second-order valence-electron chi connectivity index (χ2n) is 21.0. The molecule has 0 aromatic carbocycles. The highest BCUT2D eigenvalue weighted by atomic mass is 16.5. The summed E-state index contributed by atoms with van der Waals surface area (Å²) in [4.78, 5) is 24.5. The van der Waals surface area contributed by atoms with E-state index in [4.69, 9.17) is 4.74 Å². The maximum absolute atomic E-state index is 12.4. The number of unbranched alkanes of at least 4 members (excludes halogenated alkanes) is 40. The van der Waals surface area contributed by atoms with E-state index in [1.54, 1.807) is 6.08 Å². The summed E-state index contributed by atoms with van der Waals surface area (Å²) < 4.78 is 5.48. The van der Waals surface area contributed by atoms with Gasteiger partial charge in [0, 0.05) is 12.8 Å². The van der Waals surface area contributed by atoms with E-state index in [9.17, 15) is 19.8 Å². The number of hydrogen-bond acceptors (Lipinski definition) is 5. The summed E-state index contributed by atoms with van der Waals surface area (Å²) in [6.45, 7) is 4.87. The zero-order valence-corrected chi connectivity index (χ0v) is 46.7. The second kappa shape index (κ2) is 59.4. The van der Waals surface area contributed by atoms with Crippen molar-refractivity contribution in [1.82, 2.24) is 5.32 Å². The van der Waals surface area contributed by atoms with Gasteiger partial charge in [-0.15, -0.1) is 0 Å². The third-order valence-corrected chi connectivity index (χ3v) is 14.1. The van der Waals surface area contributed by atoms with Crippen LogP contribution in [0.1, 0.15) is 322 Å². The molecule has 0 aromatic heterocycles. The van der Waals surface area contributed by atoms with Crippen molar-refractivity contribution in [1.29, 1.82) is 0 Å². The normalized spacial score (nSPS) is 12.9. The number of carbonyl (C=O) groups is 2. The van der Waals surface area contributed by atoms with Gasteiger partial charge in [-0.25, -0.2) is 0 Å². The van der Waals surface area contributed by atoms with Gasteiger partial charge in [0.25, 0.3) is 0 Å². The molecule has 0 aliphatic rings. The number of aliphatic hydroxyl groups is 2. The van der Waals surface area contributed by atoms with Crippen LogP contribution < -0.4 is 5.32 Å². The van der Waals surface area contributed by atoms with E-state index < -0.39 is 12.1 Å². The van der Waals surface area contributed by atoms with Crippen LogP contribution in [0, 0.1) is 0 Å². The Hall–Kier alpha value is -2.18. The monoisotopic (exact) mass is 982 g/mol.